The summed E-state index contributed by atoms with van der Waals surface area (Å²) in [5.41, 5.74) is 2.96. The molecule has 0 saturated heterocycles. The van der Waals surface area contributed by atoms with Gasteiger partial charge in [-0.05, 0) is 55.4 Å². The fourth-order valence-corrected chi connectivity index (χ4v) is 2.63. The number of nitrogens with one attached hydrogen (secondary N) is 3. The molecule has 0 bridgehead atoms. The number of benzene rings is 2. The van der Waals surface area contributed by atoms with Crippen LogP contribution in [0, 0.1) is 0 Å². The maximum atomic E-state index is 11.0. The zero-order chi connectivity index (χ0) is 18.6. The highest BCUT2D eigenvalue weighted by Gasteiger charge is 2.01. The first-order chi connectivity index (χ1) is 12.7. The summed E-state index contributed by atoms with van der Waals surface area (Å²) in [6, 6.07) is 18.0. The van der Waals surface area contributed by atoms with Gasteiger partial charge in [-0.15, -0.1) is 0 Å². The lowest BCUT2D eigenvalue weighted by Gasteiger charge is -2.12. The molecule has 0 fully saturated rings. The first kappa shape index (κ1) is 19.7. The molecule has 2 aromatic rings. The van der Waals surface area contributed by atoms with Crippen molar-refractivity contribution in [3.63, 3.8) is 0 Å². The fourth-order valence-electron chi connectivity index (χ4n) is 2.41. The molecule has 0 spiro atoms. The molecule has 0 aliphatic heterocycles. The van der Waals surface area contributed by atoms with Gasteiger partial charge in [-0.25, -0.2) is 0 Å². The number of hydrogen-bond acceptors (Lipinski definition) is 4. The number of rotatable bonds is 9. The molecule has 0 saturated carbocycles. The molecular weight excluding hydrogens is 346 g/mol. The van der Waals surface area contributed by atoms with Crippen LogP contribution in [0.1, 0.15) is 25.7 Å². The summed E-state index contributed by atoms with van der Waals surface area (Å²) in [6.45, 7) is 0.773. The third-order valence-corrected chi connectivity index (χ3v) is 4.00. The quantitative estimate of drug-likeness (QED) is 0.344. The molecule has 0 radical (unpaired) electrons. The second-order valence-corrected chi connectivity index (χ2v) is 6.25. The van der Waals surface area contributed by atoms with E-state index < -0.39 is 0 Å². The van der Waals surface area contributed by atoms with E-state index in [4.69, 9.17) is 12.2 Å². The Kier molecular flexibility index (Phi) is 8.42. The third-order valence-electron chi connectivity index (χ3n) is 3.75. The summed E-state index contributed by atoms with van der Waals surface area (Å²) < 4.78 is 4.62. The van der Waals surface area contributed by atoms with Crippen molar-refractivity contribution in [1.82, 2.24) is 5.32 Å². The van der Waals surface area contributed by atoms with Crippen LogP contribution in [0.4, 0.5) is 17.1 Å². The summed E-state index contributed by atoms with van der Waals surface area (Å²) in [5, 5.41) is 10.3. The Morgan fingerprint density at radius 3 is 2.46 bits per heavy atom. The predicted octanol–water partition coefficient (Wildman–Crippen LogP) is 4.45. The lowest BCUT2D eigenvalue weighted by Crippen LogP contribution is -2.29. The molecule has 26 heavy (non-hydrogen) atoms. The maximum Gasteiger partial charge on any atom is 0.305 e. The van der Waals surface area contributed by atoms with Gasteiger partial charge in [0.25, 0.3) is 0 Å². The Morgan fingerprint density at radius 1 is 0.962 bits per heavy atom. The largest absolute Gasteiger partial charge is 0.469 e. The van der Waals surface area contributed by atoms with E-state index in [2.05, 4.69) is 20.7 Å². The minimum absolute atomic E-state index is 0.154. The van der Waals surface area contributed by atoms with Gasteiger partial charge in [0.2, 0.25) is 0 Å². The van der Waals surface area contributed by atoms with E-state index in [1.54, 1.807) is 0 Å². The van der Waals surface area contributed by atoms with Gasteiger partial charge < -0.3 is 20.7 Å². The molecule has 138 valence electrons. The van der Waals surface area contributed by atoms with Crippen molar-refractivity contribution < 1.29 is 9.53 Å². The first-order valence-electron chi connectivity index (χ1n) is 8.71. The number of methoxy groups -OCH3 is 1. The highest BCUT2D eigenvalue weighted by Crippen LogP contribution is 2.19. The number of anilines is 3. The van der Waals surface area contributed by atoms with E-state index >= 15 is 0 Å². The second-order valence-electron chi connectivity index (χ2n) is 5.84. The second kappa shape index (κ2) is 11.1. The normalized spacial score (nSPS) is 10.0. The zero-order valence-corrected chi connectivity index (χ0v) is 15.8. The molecule has 0 aliphatic rings. The zero-order valence-electron chi connectivity index (χ0n) is 15.0. The number of para-hydroxylation sites is 1. The molecule has 5 nitrogen and oxygen atoms in total. The molecular formula is C20H25N3O2S. The van der Waals surface area contributed by atoms with Gasteiger partial charge in [-0.1, -0.05) is 30.7 Å². The summed E-state index contributed by atoms with van der Waals surface area (Å²) in [4.78, 5) is 11.0. The van der Waals surface area contributed by atoms with Gasteiger partial charge in [0, 0.05) is 30.0 Å². The number of thiocarbonyl (C=S) groups is 1. The van der Waals surface area contributed by atoms with E-state index in [0.717, 1.165) is 42.9 Å². The molecule has 0 aliphatic carbocycles. The van der Waals surface area contributed by atoms with Crippen molar-refractivity contribution in [2.45, 2.75) is 25.7 Å². The van der Waals surface area contributed by atoms with E-state index in [-0.39, 0.29) is 5.97 Å². The van der Waals surface area contributed by atoms with Gasteiger partial charge in [-0.3, -0.25) is 4.79 Å². The van der Waals surface area contributed by atoms with Gasteiger partial charge in [-0.2, -0.15) is 0 Å². The monoisotopic (exact) mass is 371 g/mol. The highest BCUT2D eigenvalue weighted by molar-refractivity contribution is 7.80. The summed E-state index contributed by atoms with van der Waals surface area (Å²) in [7, 11) is 1.42. The van der Waals surface area contributed by atoms with E-state index in [1.807, 2.05) is 54.6 Å². The smallest absolute Gasteiger partial charge is 0.305 e. The molecule has 0 atom stereocenters. The fraction of sp³-hybridized carbons (Fsp3) is 0.300. The lowest BCUT2D eigenvalue weighted by atomic mass is 10.2. The molecule has 0 unspecified atom stereocenters. The molecule has 2 rings (SSSR count). The van der Waals surface area contributed by atoms with Crippen LogP contribution in [-0.4, -0.2) is 24.7 Å². The van der Waals surface area contributed by atoms with Crippen LogP contribution in [0.15, 0.2) is 54.6 Å². The van der Waals surface area contributed by atoms with E-state index in [0.29, 0.717) is 11.5 Å². The third kappa shape index (κ3) is 7.53. The first-order valence-corrected chi connectivity index (χ1v) is 9.12. The van der Waals surface area contributed by atoms with Gasteiger partial charge in [0.1, 0.15) is 0 Å². The van der Waals surface area contributed by atoms with Crippen LogP contribution in [0.25, 0.3) is 0 Å². The average Bonchev–Trinajstić information content (AvgIpc) is 2.65. The average molecular weight is 372 g/mol. The maximum absolute atomic E-state index is 11.0. The Hall–Kier alpha value is -2.60. The molecule has 6 heteroatoms. The van der Waals surface area contributed by atoms with Gasteiger partial charge in [0.15, 0.2) is 5.11 Å². The van der Waals surface area contributed by atoms with Crippen LogP contribution >= 0.6 is 12.2 Å². The lowest BCUT2D eigenvalue weighted by molar-refractivity contribution is -0.140. The van der Waals surface area contributed by atoms with Crippen LogP contribution in [0.5, 0.6) is 0 Å². The topological polar surface area (TPSA) is 62.4 Å². The number of carbonyl (C=O) groups excluding carboxylic acids is 1. The van der Waals surface area contributed by atoms with Crippen molar-refractivity contribution >= 4 is 40.4 Å². The Balaban J connectivity index is 1.70. The summed E-state index contributed by atoms with van der Waals surface area (Å²) in [6.07, 6.45) is 3.22. The van der Waals surface area contributed by atoms with Crippen molar-refractivity contribution in [2.24, 2.45) is 0 Å². The SMILES string of the molecule is COC(=O)CCCCCNC(=S)Nc1cccc(Nc2ccccc2)c1. The number of carbonyl (C=O) groups is 1. The molecule has 2 aromatic carbocycles. The number of unbranched alkanes of at least 4 members (excludes halogenated alkanes) is 2. The minimum Gasteiger partial charge on any atom is -0.469 e. The molecule has 0 amide bonds. The van der Waals surface area contributed by atoms with E-state index in [1.165, 1.54) is 7.11 Å². The van der Waals surface area contributed by atoms with Crippen molar-refractivity contribution in [3.05, 3.63) is 54.6 Å². The van der Waals surface area contributed by atoms with E-state index in [9.17, 15) is 4.79 Å². The highest BCUT2D eigenvalue weighted by atomic mass is 32.1. The van der Waals surface area contributed by atoms with Crippen LogP contribution in [0.2, 0.25) is 0 Å². The van der Waals surface area contributed by atoms with Gasteiger partial charge >= 0.3 is 5.97 Å². The summed E-state index contributed by atoms with van der Waals surface area (Å²) >= 11 is 5.33. The number of esters is 1. The van der Waals surface area contributed by atoms with Gasteiger partial charge in [0.05, 0.1) is 7.11 Å². The Labute approximate surface area is 160 Å². The summed E-state index contributed by atoms with van der Waals surface area (Å²) in [5.74, 6) is -0.154. The van der Waals surface area contributed by atoms with Crippen molar-refractivity contribution in [3.8, 4) is 0 Å². The Bertz CT molecular complexity index is 707. The number of ether oxygens (including phenoxy) is 1. The van der Waals surface area contributed by atoms with Crippen molar-refractivity contribution in [2.75, 3.05) is 24.3 Å². The predicted molar refractivity (Wildman–Crippen MR) is 111 cm³/mol. The molecule has 3 N–H and O–H groups in total. The van der Waals surface area contributed by atoms with Crippen LogP contribution in [0.3, 0.4) is 0 Å². The van der Waals surface area contributed by atoms with Crippen LogP contribution in [-0.2, 0) is 9.53 Å². The number of hydrogen-bond donors (Lipinski definition) is 3. The molecule has 0 heterocycles. The molecule has 0 aromatic heterocycles. The minimum atomic E-state index is -0.154. The standard InChI is InChI=1S/C20H25N3O2S/c1-25-19(24)13-6-3-7-14-21-20(26)23-18-12-8-11-17(15-18)22-16-9-4-2-5-10-16/h2,4-5,8-12,15,22H,3,6-7,13-14H2,1H3,(H2,21,23,26). The van der Waals surface area contributed by atoms with Crippen LogP contribution < -0.4 is 16.0 Å². The Morgan fingerprint density at radius 2 is 1.69 bits per heavy atom. The van der Waals surface area contributed by atoms with Crippen molar-refractivity contribution in [1.29, 1.82) is 0 Å².